The van der Waals surface area contributed by atoms with Crippen molar-refractivity contribution in [1.82, 2.24) is 4.98 Å². The zero-order valence-electron chi connectivity index (χ0n) is 13.8. The Morgan fingerprint density at radius 3 is 2.52 bits per heavy atom. The number of aryl methyl sites for hydroxylation is 1. The SMILES string of the molecule is Cc1ccc2nc(CO[Si](C)(C)C(C)(C)C)sc2c1CO. The maximum absolute atomic E-state index is 9.55. The number of fused-ring (bicyclic) bond motifs is 1. The Balaban J connectivity index is 2.25. The van der Waals surface area contributed by atoms with Gasteiger partial charge in [0.15, 0.2) is 8.32 Å². The van der Waals surface area contributed by atoms with Crippen molar-refractivity contribution in [2.45, 2.75) is 59.0 Å². The summed E-state index contributed by atoms with van der Waals surface area (Å²) in [5.41, 5.74) is 3.07. The molecular formula is C16H25NO2SSi. The molecule has 0 saturated carbocycles. The highest BCUT2D eigenvalue weighted by atomic mass is 32.1. The fourth-order valence-corrected chi connectivity index (χ4v) is 4.01. The van der Waals surface area contributed by atoms with Crippen LogP contribution in [-0.2, 0) is 17.6 Å². The molecule has 3 nitrogen and oxygen atoms in total. The van der Waals surface area contributed by atoms with E-state index in [9.17, 15) is 5.11 Å². The molecule has 1 aromatic heterocycles. The molecule has 5 heteroatoms. The van der Waals surface area contributed by atoms with Gasteiger partial charge in [-0.2, -0.15) is 0 Å². The lowest BCUT2D eigenvalue weighted by Crippen LogP contribution is -2.40. The molecule has 2 aromatic rings. The third-order valence-electron chi connectivity index (χ3n) is 4.46. The van der Waals surface area contributed by atoms with Crippen molar-refractivity contribution < 1.29 is 9.53 Å². The summed E-state index contributed by atoms with van der Waals surface area (Å²) in [5, 5.41) is 10.7. The molecule has 0 fully saturated rings. The summed E-state index contributed by atoms with van der Waals surface area (Å²) < 4.78 is 7.33. The van der Waals surface area contributed by atoms with Gasteiger partial charge in [-0.05, 0) is 42.2 Å². The van der Waals surface area contributed by atoms with Crippen molar-refractivity contribution in [1.29, 1.82) is 0 Å². The number of nitrogens with zero attached hydrogens (tertiary/aromatic N) is 1. The molecule has 0 aliphatic heterocycles. The molecule has 0 aliphatic rings. The number of aromatic nitrogens is 1. The largest absolute Gasteiger partial charge is 0.410 e. The minimum Gasteiger partial charge on any atom is -0.410 e. The number of aliphatic hydroxyl groups is 1. The van der Waals surface area contributed by atoms with Crippen LogP contribution in [-0.4, -0.2) is 18.4 Å². The molecule has 1 aromatic carbocycles. The van der Waals surface area contributed by atoms with Gasteiger partial charge in [-0.25, -0.2) is 4.98 Å². The van der Waals surface area contributed by atoms with E-state index < -0.39 is 8.32 Å². The summed E-state index contributed by atoms with van der Waals surface area (Å²) >= 11 is 1.64. The third kappa shape index (κ3) is 3.37. The van der Waals surface area contributed by atoms with Crippen LogP contribution in [0, 0.1) is 6.92 Å². The monoisotopic (exact) mass is 323 g/mol. The summed E-state index contributed by atoms with van der Waals surface area (Å²) in [6.07, 6.45) is 0. The van der Waals surface area contributed by atoms with Crippen LogP contribution >= 0.6 is 11.3 Å². The highest BCUT2D eigenvalue weighted by molar-refractivity contribution is 7.18. The van der Waals surface area contributed by atoms with Crippen LogP contribution in [0.15, 0.2) is 12.1 Å². The first-order valence-electron chi connectivity index (χ1n) is 7.28. The first-order valence-corrected chi connectivity index (χ1v) is 11.0. The van der Waals surface area contributed by atoms with Gasteiger partial charge in [0.2, 0.25) is 0 Å². The molecule has 21 heavy (non-hydrogen) atoms. The quantitative estimate of drug-likeness (QED) is 0.835. The topological polar surface area (TPSA) is 42.4 Å². The molecule has 0 atom stereocenters. The number of benzene rings is 1. The van der Waals surface area contributed by atoms with Gasteiger partial charge in [0.1, 0.15) is 5.01 Å². The summed E-state index contributed by atoms with van der Waals surface area (Å²) in [6.45, 7) is 13.9. The van der Waals surface area contributed by atoms with E-state index in [2.05, 4.69) is 38.8 Å². The molecule has 116 valence electrons. The van der Waals surface area contributed by atoms with Gasteiger partial charge in [-0.15, -0.1) is 11.3 Å². The van der Waals surface area contributed by atoms with Crippen LogP contribution in [0.2, 0.25) is 18.1 Å². The molecule has 0 spiro atoms. The van der Waals surface area contributed by atoms with Crippen molar-refractivity contribution in [2.75, 3.05) is 0 Å². The Kier molecular flexibility index (Phi) is 4.59. The van der Waals surface area contributed by atoms with Crippen LogP contribution in [0.3, 0.4) is 0 Å². The number of hydrogen-bond acceptors (Lipinski definition) is 4. The van der Waals surface area contributed by atoms with Crippen LogP contribution in [0.25, 0.3) is 10.2 Å². The lowest BCUT2D eigenvalue weighted by Gasteiger charge is -2.35. The summed E-state index contributed by atoms with van der Waals surface area (Å²) in [7, 11) is -1.75. The number of thiazole rings is 1. The van der Waals surface area contributed by atoms with E-state index in [0.29, 0.717) is 6.61 Å². The van der Waals surface area contributed by atoms with Gasteiger partial charge in [-0.3, -0.25) is 0 Å². The zero-order valence-corrected chi connectivity index (χ0v) is 15.6. The normalized spacial score (nSPS) is 13.1. The molecule has 0 aliphatic carbocycles. The van der Waals surface area contributed by atoms with E-state index in [4.69, 9.17) is 4.43 Å². The first kappa shape index (κ1) is 16.6. The first-order chi connectivity index (χ1) is 9.65. The lowest BCUT2D eigenvalue weighted by molar-refractivity contribution is 0.276. The predicted octanol–water partition coefficient (Wildman–Crippen LogP) is 4.62. The maximum atomic E-state index is 9.55. The second-order valence-corrected chi connectivity index (χ2v) is 12.9. The van der Waals surface area contributed by atoms with Gasteiger partial charge in [0, 0.05) is 0 Å². The zero-order chi connectivity index (χ0) is 15.8. The van der Waals surface area contributed by atoms with Gasteiger partial charge < -0.3 is 9.53 Å². The van der Waals surface area contributed by atoms with E-state index in [0.717, 1.165) is 26.4 Å². The number of rotatable bonds is 4. The highest BCUT2D eigenvalue weighted by Gasteiger charge is 2.37. The Morgan fingerprint density at radius 1 is 1.29 bits per heavy atom. The molecule has 0 amide bonds. The average Bonchev–Trinajstić information content (AvgIpc) is 2.78. The van der Waals surface area contributed by atoms with E-state index in [1.807, 2.05) is 19.1 Å². The molecule has 2 rings (SSSR count). The fourth-order valence-electron chi connectivity index (χ4n) is 1.91. The van der Waals surface area contributed by atoms with E-state index in [-0.39, 0.29) is 11.6 Å². The highest BCUT2D eigenvalue weighted by Crippen LogP contribution is 2.37. The Morgan fingerprint density at radius 2 is 1.95 bits per heavy atom. The van der Waals surface area contributed by atoms with Crippen molar-refractivity contribution in [3.63, 3.8) is 0 Å². The van der Waals surface area contributed by atoms with Crippen molar-refractivity contribution in [3.05, 3.63) is 28.3 Å². The van der Waals surface area contributed by atoms with Crippen LogP contribution in [0.5, 0.6) is 0 Å². The molecular weight excluding hydrogens is 298 g/mol. The fraction of sp³-hybridized carbons (Fsp3) is 0.562. The van der Waals surface area contributed by atoms with Gasteiger partial charge in [-0.1, -0.05) is 26.8 Å². The number of aliphatic hydroxyl groups excluding tert-OH is 1. The molecule has 0 saturated heterocycles. The summed E-state index contributed by atoms with van der Waals surface area (Å²) in [4.78, 5) is 4.65. The maximum Gasteiger partial charge on any atom is 0.192 e. The standard InChI is InChI=1S/C16H25NO2SSi/c1-11-7-8-13-15(12(11)9-18)20-14(17-13)10-19-21(5,6)16(2,3)4/h7-8,18H,9-10H2,1-6H3. The van der Waals surface area contributed by atoms with Crippen LogP contribution in [0.4, 0.5) is 0 Å². The van der Waals surface area contributed by atoms with Crippen LogP contribution in [0.1, 0.15) is 36.9 Å². The molecule has 0 radical (unpaired) electrons. The average molecular weight is 324 g/mol. The smallest absolute Gasteiger partial charge is 0.192 e. The number of hydrogen-bond donors (Lipinski definition) is 1. The Bertz CT molecular complexity index is 643. The summed E-state index contributed by atoms with van der Waals surface area (Å²) in [5.74, 6) is 0. The van der Waals surface area contributed by atoms with Crippen molar-refractivity contribution >= 4 is 29.9 Å². The Labute approximate surface area is 132 Å². The lowest BCUT2D eigenvalue weighted by atomic mass is 10.1. The van der Waals surface area contributed by atoms with Crippen molar-refractivity contribution in [3.8, 4) is 0 Å². The van der Waals surface area contributed by atoms with E-state index in [1.165, 1.54) is 0 Å². The summed E-state index contributed by atoms with van der Waals surface area (Å²) in [6, 6.07) is 4.04. The second-order valence-electron chi connectivity index (χ2n) is 7.02. The van der Waals surface area contributed by atoms with E-state index in [1.54, 1.807) is 11.3 Å². The van der Waals surface area contributed by atoms with Gasteiger partial charge >= 0.3 is 0 Å². The molecule has 1 heterocycles. The molecule has 1 N–H and O–H groups in total. The molecule has 0 unspecified atom stereocenters. The predicted molar refractivity (Wildman–Crippen MR) is 92.3 cm³/mol. The van der Waals surface area contributed by atoms with Gasteiger partial charge in [0.25, 0.3) is 0 Å². The van der Waals surface area contributed by atoms with Crippen molar-refractivity contribution in [2.24, 2.45) is 0 Å². The second kappa shape index (κ2) is 5.80. The Hall–Kier alpha value is -0.753. The van der Waals surface area contributed by atoms with E-state index >= 15 is 0 Å². The van der Waals surface area contributed by atoms with Crippen LogP contribution < -0.4 is 0 Å². The minimum atomic E-state index is -1.75. The minimum absolute atomic E-state index is 0.0634. The third-order valence-corrected chi connectivity index (χ3v) is 10.0. The molecule has 0 bridgehead atoms. The van der Waals surface area contributed by atoms with Gasteiger partial charge in [0.05, 0.1) is 23.4 Å².